The van der Waals surface area contributed by atoms with Gasteiger partial charge in [0.15, 0.2) is 5.78 Å². The maximum Gasteiger partial charge on any atom is 0.162 e. The number of Topliss-reactive ketones (excluding diaryl/α,β-unsaturated/α-hetero) is 1. The van der Waals surface area contributed by atoms with Gasteiger partial charge in [-0.3, -0.25) is 9.69 Å². The molecule has 2 aliphatic rings. The number of aryl methyl sites for hydroxylation is 1. The lowest BCUT2D eigenvalue weighted by atomic mass is 9.68. The smallest absolute Gasteiger partial charge is 0.162 e. The Morgan fingerprint density at radius 2 is 1.91 bits per heavy atom. The molecule has 5 nitrogen and oxygen atoms in total. The quantitative estimate of drug-likeness (QED) is 0.713. The summed E-state index contributed by atoms with van der Waals surface area (Å²) < 4.78 is 5.57. The minimum atomic E-state index is -0.477. The van der Waals surface area contributed by atoms with Crippen LogP contribution in [0.15, 0.2) is 71.2 Å². The number of benzene rings is 2. The second kappa shape index (κ2) is 8.20. The van der Waals surface area contributed by atoms with E-state index in [4.69, 9.17) is 10.5 Å². The largest absolute Gasteiger partial charge is 0.494 e. The Balaban J connectivity index is 1.94. The topological polar surface area (TPSA) is 79.3 Å². The predicted molar refractivity (Wildman–Crippen MR) is 126 cm³/mol. The summed E-state index contributed by atoms with van der Waals surface area (Å²) in [6.45, 7) is 8.75. The molecular weight excluding hydrogens is 398 g/mol. The van der Waals surface area contributed by atoms with E-state index in [1.165, 1.54) is 0 Å². The van der Waals surface area contributed by atoms with Crippen LogP contribution in [0.25, 0.3) is 0 Å². The molecule has 2 aromatic rings. The third kappa shape index (κ3) is 3.78. The van der Waals surface area contributed by atoms with Crippen molar-refractivity contribution in [3.63, 3.8) is 0 Å². The molecule has 0 radical (unpaired) electrons. The fourth-order valence-corrected chi connectivity index (χ4v) is 4.83. The SMILES string of the molecule is CCOc1ccc([C@H]2C(C#N)=C(N)N(c3cccc(C)c3)C3=C2C(=O)CC(C)(C)C3)cc1. The zero-order chi connectivity index (χ0) is 23.0. The molecule has 0 aromatic heterocycles. The Morgan fingerprint density at radius 3 is 2.53 bits per heavy atom. The number of hydrogen-bond acceptors (Lipinski definition) is 5. The number of anilines is 1. The van der Waals surface area contributed by atoms with E-state index in [-0.39, 0.29) is 11.2 Å². The number of nitrogens with two attached hydrogens (primary N) is 1. The van der Waals surface area contributed by atoms with Gasteiger partial charge in [-0.15, -0.1) is 0 Å². The van der Waals surface area contributed by atoms with Gasteiger partial charge >= 0.3 is 0 Å². The fourth-order valence-electron chi connectivity index (χ4n) is 4.83. The molecule has 0 saturated heterocycles. The standard InChI is InChI=1S/C27H29N3O2/c1-5-32-20-11-9-18(10-12-20)24-21(16-28)26(29)30(19-8-6-7-17(2)13-19)22-14-27(3,4)15-23(31)25(22)24/h6-13,24H,5,14-15,29H2,1-4H3/t24-/m0/s1. The van der Waals surface area contributed by atoms with Crippen LogP contribution in [-0.4, -0.2) is 12.4 Å². The second-order valence-electron chi connectivity index (χ2n) is 9.32. The van der Waals surface area contributed by atoms with E-state index in [2.05, 4.69) is 19.9 Å². The summed E-state index contributed by atoms with van der Waals surface area (Å²) in [5.74, 6) is 0.749. The summed E-state index contributed by atoms with van der Waals surface area (Å²) in [6.07, 6.45) is 1.15. The summed E-state index contributed by atoms with van der Waals surface area (Å²) in [7, 11) is 0. The van der Waals surface area contributed by atoms with Gasteiger partial charge in [-0.25, -0.2) is 0 Å². The molecular formula is C27H29N3O2. The molecule has 5 heteroatoms. The van der Waals surface area contributed by atoms with Gasteiger partial charge in [0.1, 0.15) is 11.6 Å². The number of ketones is 1. The van der Waals surface area contributed by atoms with E-state index in [9.17, 15) is 10.1 Å². The van der Waals surface area contributed by atoms with Crippen LogP contribution in [0.1, 0.15) is 50.7 Å². The van der Waals surface area contributed by atoms with E-state index in [0.29, 0.717) is 36.4 Å². The molecule has 0 fully saturated rings. The summed E-state index contributed by atoms with van der Waals surface area (Å²) in [6, 6.07) is 18.0. The van der Waals surface area contributed by atoms with Crippen molar-refractivity contribution < 1.29 is 9.53 Å². The monoisotopic (exact) mass is 427 g/mol. The molecule has 1 aliphatic carbocycles. The maximum atomic E-state index is 13.5. The number of hydrogen-bond donors (Lipinski definition) is 1. The van der Waals surface area contributed by atoms with Crippen molar-refractivity contribution in [3.05, 3.63) is 82.3 Å². The molecule has 32 heavy (non-hydrogen) atoms. The van der Waals surface area contributed by atoms with Gasteiger partial charge in [-0.05, 0) is 61.1 Å². The number of carbonyl (C=O) groups is 1. The maximum absolute atomic E-state index is 13.5. The molecule has 4 rings (SSSR count). The second-order valence-corrected chi connectivity index (χ2v) is 9.32. The molecule has 1 heterocycles. The zero-order valence-corrected chi connectivity index (χ0v) is 19.1. The van der Waals surface area contributed by atoms with Gasteiger partial charge in [-0.1, -0.05) is 38.1 Å². The third-order valence-corrected chi connectivity index (χ3v) is 6.17. The molecule has 2 aromatic carbocycles. The lowest BCUT2D eigenvalue weighted by Crippen LogP contribution is -2.42. The average molecular weight is 428 g/mol. The highest BCUT2D eigenvalue weighted by molar-refractivity contribution is 6.01. The van der Waals surface area contributed by atoms with Gasteiger partial charge in [-0.2, -0.15) is 5.26 Å². The Hall–Kier alpha value is -3.52. The van der Waals surface area contributed by atoms with Crippen LogP contribution in [0.2, 0.25) is 0 Å². The Labute approximate surface area is 189 Å². The number of allylic oxidation sites excluding steroid dienone is 3. The fraction of sp³-hybridized carbons (Fsp3) is 0.333. The molecule has 0 spiro atoms. The minimum Gasteiger partial charge on any atom is -0.494 e. The first-order chi connectivity index (χ1) is 15.3. The summed E-state index contributed by atoms with van der Waals surface area (Å²) in [4.78, 5) is 15.4. The van der Waals surface area contributed by atoms with Crippen molar-refractivity contribution in [2.45, 2.75) is 46.5 Å². The van der Waals surface area contributed by atoms with Crippen molar-refractivity contribution >= 4 is 11.5 Å². The predicted octanol–water partition coefficient (Wildman–Crippen LogP) is 5.33. The van der Waals surface area contributed by atoms with Crippen LogP contribution in [-0.2, 0) is 4.79 Å². The number of rotatable bonds is 4. The molecule has 0 bridgehead atoms. The molecule has 1 atom stereocenters. The Kier molecular flexibility index (Phi) is 5.56. The van der Waals surface area contributed by atoms with Crippen molar-refractivity contribution in [2.24, 2.45) is 11.1 Å². The first-order valence-corrected chi connectivity index (χ1v) is 11.0. The number of nitrogens with zero attached hydrogens (tertiary/aromatic N) is 2. The first-order valence-electron chi connectivity index (χ1n) is 11.0. The van der Waals surface area contributed by atoms with E-state index in [0.717, 1.165) is 28.3 Å². The molecule has 2 N–H and O–H groups in total. The Morgan fingerprint density at radius 1 is 1.19 bits per heavy atom. The highest BCUT2D eigenvalue weighted by atomic mass is 16.5. The van der Waals surface area contributed by atoms with Crippen LogP contribution in [0, 0.1) is 23.7 Å². The molecule has 1 aliphatic heterocycles. The molecule has 0 amide bonds. The normalized spacial score (nSPS) is 20.2. The molecule has 164 valence electrons. The first kappa shape index (κ1) is 21.7. The molecule has 0 unspecified atom stereocenters. The van der Waals surface area contributed by atoms with Gasteiger partial charge in [0.2, 0.25) is 0 Å². The highest BCUT2D eigenvalue weighted by Crippen LogP contribution is 2.50. The number of carbonyl (C=O) groups excluding carboxylic acids is 1. The van der Waals surface area contributed by atoms with Gasteiger partial charge < -0.3 is 10.5 Å². The van der Waals surface area contributed by atoms with Crippen molar-refractivity contribution in [2.75, 3.05) is 11.5 Å². The van der Waals surface area contributed by atoms with Gasteiger partial charge in [0.25, 0.3) is 0 Å². The van der Waals surface area contributed by atoms with E-state index in [1.807, 2.05) is 67.3 Å². The van der Waals surface area contributed by atoms with Crippen LogP contribution >= 0.6 is 0 Å². The Bertz CT molecular complexity index is 1170. The summed E-state index contributed by atoms with van der Waals surface area (Å²) in [5, 5.41) is 10.2. The third-order valence-electron chi connectivity index (χ3n) is 6.17. The van der Waals surface area contributed by atoms with Crippen LogP contribution in [0.4, 0.5) is 5.69 Å². The lowest BCUT2D eigenvalue weighted by Gasteiger charge is -2.43. The van der Waals surface area contributed by atoms with Crippen LogP contribution in [0.3, 0.4) is 0 Å². The van der Waals surface area contributed by atoms with E-state index >= 15 is 0 Å². The van der Waals surface area contributed by atoms with Gasteiger partial charge in [0, 0.05) is 23.4 Å². The number of ether oxygens (including phenoxy) is 1. The van der Waals surface area contributed by atoms with Crippen LogP contribution < -0.4 is 15.4 Å². The van der Waals surface area contributed by atoms with Gasteiger partial charge in [0.05, 0.1) is 24.2 Å². The number of nitriles is 1. The average Bonchev–Trinajstić information content (AvgIpc) is 2.73. The van der Waals surface area contributed by atoms with Crippen LogP contribution in [0.5, 0.6) is 5.75 Å². The lowest BCUT2D eigenvalue weighted by molar-refractivity contribution is -0.118. The summed E-state index contributed by atoms with van der Waals surface area (Å²) in [5.41, 5.74) is 11.3. The minimum absolute atomic E-state index is 0.0769. The van der Waals surface area contributed by atoms with Crippen molar-refractivity contribution in [3.8, 4) is 11.8 Å². The zero-order valence-electron chi connectivity index (χ0n) is 19.1. The van der Waals surface area contributed by atoms with E-state index in [1.54, 1.807) is 0 Å². The highest BCUT2D eigenvalue weighted by Gasteiger charge is 2.44. The van der Waals surface area contributed by atoms with E-state index < -0.39 is 5.92 Å². The van der Waals surface area contributed by atoms with Crippen molar-refractivity contribution in [1.29, 1.82) is 5.26 Å². The summed E-state index contributed by atoms with van der Waals surface area (Å²) >= 11 is 0. The molecule has 0 saturated carbocycles. The van der Waals surface area contributed by atoms with Crippen molar-refractivity contribution in [1.82, 2.24) is 0 Å².